The van der Waals surface area contributed by atoms with Gasteiger partial charge in [0.25, 0.3) is 0 Å². The Kier molecular flexibility index (Phi) is 6.49. The van der Waals surface area contributed by atoms with E-state index in [1.165, 1.54) is 14.2 Å². The molecule has 1 aliphatic rings. The van der Waals surface area contributed by atoms with Crippen molar-refractivity contribution in [3.63, 3.8) is 0 Å². The molecular formula is C22H23NO6. The second-order valence-corrected chi connectivity index (χ2v) is 6.66. The molecule has 1 N–H and O–H groups in total. The molecule has 0 saturated carbocycles. The van der Waals surface area contributed by atoms with E-state index in [0.717, 1.165) is 22.3 Å². The molecule has 0 unspecified atom stereocenters. The summed E-state index contributed by atoms with van der Waals surface area (Å²) >= 11 is 0. The Morgan fingerprint density at radius 1 is 0.931 bits per heavy atom. The van der Waals surface area contributed by atoms with Crippen LogP contribution in [0.25, 0.3) is 11.1 Å². The monoisotopic (exact) mass is 397 g/mol. The van der Waals surface area contributed by atoms with Gasteiger partial charge in [0.05, 0.1) is 14.2 Å². The van der Waals surface area contributed by atoms with Crippen molar-refractivity contribution in [2.24, 2.45) is 0 Å². The van der Waals surface area contributed by atoms with Gasteiger partial charge in [0.2, 0.25) is 0 Å². The standard InChI is InChI=1S/C22H23NO6/c1-27-20(24)12-11-19(21(25)28-2)23-22(26)29-13-18-16-9-5-3-7-14(16)15-8-4-6-10-17(15)18/h3-10,18-19H,11-13H2,1-2H3,(H,23,26)/t19-/m0/s1. The molecule has 0 spiro atoms. The Morgan fingerprint density at radius 2 is 1.52 bits per heavy atom. The SMILES string of the molecule is COC(=O)CC[C@H](NC(=O)OCC1c2ccccc2-c2ccccc21)C(=O)OC. The van der Waals surface area contributed by atoms with E-state index < -0.39 is 24.1 Å². The summed E-state index contributed by atoms with van der Waals surface area (Å²) in [5.41, 5.74) is 4.44. The van der Waals surface area contributed by atoms with E-state index in [1.807, 2.05) is 48.5 Å². The summed E-state index contributed by atoms with van der Waals surface area (Å²) in [6.45, 7) is 0.130. The van der Waals surface area contributed by atoms with Gasteiger partial charge in [-0.3, -0.25) is 4.79 Å². The predicted octanol–water partition coefficient (Wildman–Crippen LogP) is 3.02. The van der Waals surface area contributed by atoms with Gasteiger partial charge in [-0.2, -0.15) is 0 Å². The summed E-state index contributed by atoms with van der Waals surface area (Å²) < 4.78 is 14.7. The maximum Gasteiger partial charge on any atom is 0.407 e. The molecule has 0 aromatic heterocycles. The number of rotatable bonds is 7. The molecule has 7 heteroatoms. The number of amides is 1. The number of alkyl carbamates (subject to hydrolysis) is 1. The molecule has 0 saturated heterocycles. The van der Waals surface area contributed by atoms with Gasteiger partial charge in [-0.05, 0) is 28.7 Å². The Hall–Kier alpha value is -3.35. The number of hydrogen-bond acceptors (Lipinski definition) is 6. The Balaban J connectivity index is 1.65. The van der Waals surface area contributed by atoms with Gasteiger partial charge in [0.15, 0.2) is 0 Å². The van der Waals surface area contributed by atoms with Crippen molar-refractivity contribution in [2.45, 2.75) is 24.8 Å². The van der Waals surface area contributed by atoms with Crippen LogP contribution in [0.5, 0.6) is 0 Å². The summed E-state index contributed by atoms with van der Waals surface area (Å²) in [5.74, 6) is -1.21. The molecule has 2 aromatic rings. The van der Waals surface area contributed by atoms with E-state index in [0.29, 0.717) is 0 Å². The number of esters is 2. The van der Waals surface area contributed by atoms with E-state index in [2.05, 4.69) is 14.8 Å². The van der Waals surface area contributed by atoms with Crippen LogP contribution in [0.4, 0.5) is 4.79 Å². The van der Waals surface area contributed by atoms with E-state index >= 15 is 0 Å². The number of fused-ring (bicyclic) bond motifs is 3. The second-order valence-electron chi connectivity index (χ2n) is 6.66. The Morgan fingerprint density at radius 3 is 2.07 bits per heavy atom. The molecule has 0 bridgehead atoms. The van der Waals surface area contributed by atoms with Crippen LogP contribution in [0, 0.1) is 0 Å². The normalized spacial score (nSPS) is 13.0. The fourth-order valence-electron chi connectivity index (χ4n) is 3.54. The number of nitrogens with one attached hydrogen (secondary N) is 1. The molecule has 1 aliphatic carbocycles. The average Bonchev–Trinajstić information content (AvgIpc) is 3.08. The van der Waals surface area contributed by atoms with Crippen LogP contribution in [-0.4, -0.2) is 44.9 Å². The third kappa shape index (κ3) is 4.56. The van der Waals surface area contributed by atoms with Gasteiger partial charge >= 0.3 is 18.0 Å². The zero-order chi connectivity index (χ0) is 20.8. The van der Waals surface area contributed by atoms with Gasteiger partial charge in [-0.25, -0.2) is 9.59 Å². The first-order valence-corrected chi connectivity index (χ1v) is 9.31. The van der Waals surface area contributed by atoms with Crippen molar-refractivity contribution in [3.8, 4) is 11.1 Å². The average molecular weight is 397 g/mol. The molecule has 0 radical (unpaired) electrons. The van der Waals surface area contributed by atoms with Crippen LogP contribution in [0.1, 0.15) is 29.9 Å². The Labute approximate surface area is 169 Å². The zero-order valence-corrected chi connectivity index (χ0v) is 16.3. The van der Waals surface area contributed by atoms with Gasteiger partial charge in [-0.15, -0.1) is 0 Å². The molecule has 7 nitrogen and oxygen atoms in total. The first kappa shape index (κ1) is 20.4. The number of hydrogen-bond donors (Lipinski definition) is 1. The van der Waals surface area contributed by atoms with Crippen molar-refractivity contribution in [2.75, 3.05) is 20.8 Å². The molecule has 1 amide bonds. The number of methoxy groups -OCH3 is 2. The third-order valence-electron chi connectivity index (χ3n) is 4.99. The largest absolute Gasteiger partial charge is 0.469 e. The highest BCUT2D eigenvalue weighted by Crippen LogP contribution is 2.44. The van der Waals surface area contributed by atoms with E-state index in [4.69, 9.17) is 4.74 Å². The Bertz CT molecular complexity index is 864. The minimum Gasteiger partial charge on any atom is -0.469 e. The predicted molar refractivity (Wildman–Crippen MR) is 105 cm³/mol. The van der Waals surface area contributed by atoms with Crippen LogP contribution < -0.4 is 5.32 Å². The van der Waals surface area contributed by atoms with Crippen LogP contribution in [-0.2, 0) is 23.8 Å². The van der Waals surface area contributed by atoms with Crippen molar-refractivity contribution in [3.05, 3.63) is 59.7 Å². The maximum atomic E-state index is 12.3. The lowest BCUT2D eigenvalue weighted by atomic mass is 9.98. The summed E-state index contributed by atoms with van der Waals surface area (Å²) in [5, 5.41) is 2.48. The van der Waals surface area contributed by atoms with Gasteiger partial charge in [0, 0.05) is 12.3 Å². The summed E-state index contributed by atoms with van der Waals surface area (Å²) in [7, 11) is 2.47. The highest BCUT2D eigenvalue weighted by Gasteiger charge is 2.30. The van der Waals surface area contributed by atoms with Crippen molar-refractivity contribution in [1.29, 1.82) is 0 Å². The first-order chi connectivity index (χ1) is 14.0. The molecule has 0 fully saturated rings. The van der Waals surface area contributed by atoms with E-state index in [9.17, 15) is 14.4 Å². The first-order valence-electron chi connectivity index (χ1n) is 9.31. The highest BCUT2D eigenvalue weighted by molar-refractivity contribution is 5.82. The molecule has 0 aliphatic heterocycles. The minimum atomic E-state index is -0.991. The number of benzene rings is 2. The second kappa shape index (κ2) is 9.23. The van der Waals surface area contributed by atoms with Crippen LogP contribution >= 0.6 is 0 Å². The summed E-state index contributed by atoms with van der Waals surface area (Å²) in [4.78, 5) is 35.5. The topological polar surface area (TPSA) is 90.9 Å². The molecule has 2 aromatic carbocycles. The molecular weight excluding hydrogens is 374 g/mol. The fraction of sp³-hybridized carbons (Fsp3) is 0.318. The summed E-state index contributed by atoms with van der Waals surface area (Å²) in [6, 6.07) is 15.0. The number of ether oxygens (including phenoxy) is 3. The zero-order valence-electron chi connectivity index (χ0n) is 16.3. The summed E-state index contributed by atoms with van der Waals surface area (Å²) in [6.07, 6.45) is -0.712. The molecule has 1 atom stereocenters. The third-order valence-corrected chi connectivity index (χ3v) is 4.99. The van der Waals surface area contributed by atoms with E-state index in [-0.39, 0.29) is 25.4 Å². The molecule has 3 rings (SSSR count). The van der Waals surface area contributed by atoms with Crippen molar-refractivity contribution >= 4 is 18.0 Å². The van der Waals surface area contributed by atoms with Gasteiger partial charge in [0.1, 0.15) is 12.6 Å². The van der Waals surface area contributed by atoms with Crippen LogP contribution in [0.3, 0.4) is 0 Å². The quantitative estimate of drug-likeness (QED) is 0.570. The lowest BCUT2D eigenvalue weighted by Crippen LogP contribution is -2.42. The van der Waals surface area contributed by atoms with Gasteiger partial charge < -0.3 is 19.5 Å². The minimum absolute atomic E-state index is 0.0279. The van der Waals surface area contributed by atoms with Crippen molar-refractivity contribution in [1.82, 2.24) is 5.32 Å². The number of carbonyl (C=O) groups is 3. The van der Waals surface area contributed by atoms with Crippen LogP contribution in [0.15, 0.2) is 48.5 Å². The molecule has 152 valence electrons. The van der Waals surface area contributed by atoms with E-state index in [1.54, 1.807) is 0 Å². The lowest BCUT2D eigenvalue weighted by Gasteiger charge is -2.18. The number of carbonyl (C=O) groups excluding carboxylic acids is 3. The highest BCUT2D eigenvalue weighted by atomic mass is 16.6. The van der Waals surface area contributed by atoms with Gasteiger partial charge in [-0.1, -0.05) is 48.5 Å². The fourth-order valence-corrected chi connectivity index (χ4v) is 3.54. The van der Waals surface area contributed by atoms with Crippen molar-refractivity contribution < 1.29 is 28.6 Å². The molecule has 29 heavy (non-hydrogen) atoms. The maximum absolute atomic E-state index is 12.3. The lowest BCUT2D eigenvalue weighted by molar-refractivity contribution is -0.144. The smallest absolute Gasteiger partial charge is 0.407 e. The van der Waals surface area contributed by atoms with Crippen LogP contribution in [0.2, 0.25) is 0 Å². The molecule has 0 heterocycles.